The van der Waals surface area contributed by atoms with E-state index in [1.54, 1.807) is 0 Å². The lowest BCUT2D eigenvalue weighted by atomic mass is 9.97. The first-order chi connectivity index (χ1) is 9.72. The minimum absolute atomic E-state index is 0. The van der Waals surface area contributed by atoms with Gasteiger partial charge in [-0.2, -0.15) is 0 Å². The number of unbranched alkanes of at least 4 members (excludes halogenated alkanes) is 1. The van der Waals surface area contributed by atoms with Crippen molar-refractivity contribution >= 4 is 29.1 Å². The molecule has 2 rings (SSSR count). The molecule has 3 N–H and O–H groups in total. The summed E-state index contributed by atoms with van der Waals surface area (Å²) in [4.78, 5) is 12.1. The Morgan fingerprint density at radius 2 is 1.86 bits per heavy atom. The molecule has 4 heteroatoms. The number of rotatable bonds is 6. The van der Waals surface area contributed by atoms with Crippen molar-refractivity contribution in [2.24, 2.45) is 5.73 Å². The molecule has 0 saturated heterocycles. The molecular weight excluding hydrogens is 284 g/mol. The minimum atomic E-state index is -0.127. The Morgan fingerprint density at radius 1 is 1.14 bits per heavy atom. The van der Waals surface area contributed by atoms with Crippen molar-refractivity contribution in [2.75, 3.05) is 13.1 Å². The van der Waals surface area contributed by atoms with E-state index in [1.165, 1.54) is 10.8 Å². The number of fused-ring (bicyclic) bond motifs is 1. The maximum absolute atomic E-state index is 12.1. The van der Waals surface area contributed by atoms with Crippen molar-refractivity contribution in [1.82, 2.24) is 5.32 Å². The van der Waals surface area contributed by atoms with Crippen molar-refractivity contribution in [3.05, 3.63) is 48.0 Å². The molecule has 0 aromatic heterocycles. The summed E-state index contributed by atoms with van der Waals surface area (Å²) in [5, 5.41) is 5.34. The first-order valence-electron chi connectivity index (χ1n) is 7.19. The Hall–Kier alpha value is -1.58. The van der Waals surface area contributed by atoms with Crippen LogP contribution in [0, 0.1) is 0 Å². The van der Waals surface area contributed by atoms with Crippen molar-refractivity contribution in [1.29, 1.82) is 0 Å². The number of hydrogen-bond donors (Lipinski definition) is 2. The standard InChI is InChI=1S/C17H22N2O.ClH/c1-13(17(20)19-11-5-4-10-18)15-9-8-14-6-2-3-7-16(14)12-15;/h2-3,6-9,12-13H,4-5,10-11,18H2,1H3,(H,19,20);1H. The molecule has 0 bridgehead atoms. The molecule has 0 radical (unpaired) electrons. The van der Waals surface area contributed by atoms with Gasteiger partial charge in [0, 0.05) is 6.54 Å². The Morgan fingerprint density at radius 3 is 2.57 bits per heavy atom. The highest BCUT2D eigenvalue weighted by molar-refractivity contribution is 5.87. The molecule has 0 heterocycles. The molecule has 0 aliphatic heterocycles. The van der Waals surface area contributed by atoms with Crippen LogP contribution in [0.25, 0.3) is 10.8 Å². The van der Waals surface area contributed by atoms with Crippen LogP contribution in [-0.4, -0.2) is 19.0 Å². The Balaban J connectivity index is 0.00000220. The largest absolute Gasteiger partial charge is 0.356 e. The van der Waals surface area contributed by atoms with Crippen molar-refractivity contribution in [3.8, 4) is 0 Å². The van der Waals surface area contributed by atoms with E-state index in [9.17, 15) is 4.79 Å². The van der Waals surface area contributed by atoms with Gasteiger partial charge in [0.1, 0.15) is 0 Å². The summed E-state index contributed by atoms with van der Waals surface area (Å²) in [6, 6.07) is 14.4. The number of benzene rings is 2. The smallest absolute Gasteiger partial charge is 0.227 e. The summed E-state index contributed by atoms with van der Waals surface area (Å²) in [6.45, 7) is 3.33. The van der Waals surface area contributed by atoms with Crippen LogP contribution in [0.4, 0.5) is 0 Å². The van der Waals surface area contributed by atoms with Crippen LogP contribution in [0.5, 0.6) is 0 Å². The molecule has 1 amide bonds. The highest BCUT2D eigenvalue weighted by atomic mass is 35.5. The van der Waals surface area contributed by atoms with Crippen LogP contribution in [-0.2, 0) is 4.79 Å². The van der Waals surface area contributed by atoms with Gasteiger partial charge in [0.2, 0.25) is 5.91 Å². The van der Waals surface area contributed by atoms with Crippen LogP contribution in [0.3, 0.4) is 0 Å². The van der Waals surface area contributed by atoms with E-state index in [4.69, 9.17) is 5.73 Å². The third kappa shape index (κ3) is 4.73. The molecule has 0 aliphatic carbocycles. The van der Waals surface area contributed by atoms with E-state index in [0.29, 0.717) is 13.1 Å². The van der Waals surface area contributed by atoms with Crippen LogP contribution in [0.1, 0.15) is 31.2 Å². The van der Waals surface area contributed by atoms with Crippen molar-refractivity contribution in [2.45, 2.75) is 25.7 Å². The van der Waals surface area contributed by atoms with Gasteiger partial charge in [-0.1, -0.05) is 42.5 Å². The number of hydrogen-bond acceptors (Lipinski definition) is 2. The second kappa shape index (κ2) is 8.65. The number of amides is 1. The van der Waals surface area contributed by atoms with Crippen LogP contribution in [0.15, 0.2) is 42.5 Å². The fourth-order valence-corrected chi connectivity index (χ4v) is 2.26. The van der Waals surface area contributed by atoms with E-state index in [-0.39, 0.29) is 24.2 Å². The van der Waals surface area contributed by atoms with E-state index in [2.05, 4.69) is 29.6 Å². The number of carbonyl (C=O) groups is 1. The van der Waals surface area contributed by atoms with Gasteiger partial charge in [-0.25, -0.2) is 0 Å². The zero-order valence-electron chi connectivity index (χ0n) is 12.3. The predicted octanol–water partition coefficient (Wildman–Crippen LogP) is 3.22. The van der Waals surface area contributed by atoms with Crippen LogP contribution < -0.4 is 11.1 Å². The molecule has 0 aliphatic rings. The fourth-order valence-electron chi connectivity index (χ4n) is 2.26. The molecule has 0 saturated carbocycles. The number of halogens is 1. The maximum Gasteiger partial charge on any atom is 0.227 e. The predicted molar refractivity (Wildman–Crippen MR) is 90.9 cm³/mol. The lowest BCUT2D eigenvalue weighted by Crippen LogP contribution is -2.29. The lowest BCUT2D eigenvalue weighted by molar-refractivity contribution is -0.122. The quantitative estimate of drug-likeness (QED) is 0.805. The zero-order valence-corrected chi connectivity index (χ0v) is 13.2. The summed E-state index contributed by atoms with van der Waals surface area (Å²) >= 11 is 0. The van der Waals surface area contributed by atoms with Gasteiger partial charge in [-0.05, 0) is 42.6 Å². The highest BCUT2D eigenvalue weighted by Crippen LogP contribution is 2.21. The molecule has 21 heavy (non-hydrogen) atoms. The SMILES string of the molecule is CC(C(=O)NCCCCN)c1ccc2ccccc2c1.Cl. The van der Waals surface area contributed by atoms with Gasteiger partial charge in [-0.15, -0.1) is 12.4 Å². The number of nitrogens with two attached hydrogens (primary N) is 1. The van der Waals surface area contributed by atoms with Gasteiger partial charge in [0.05, 0.1) is 5.92 Å². The maximum atomic E-state index is 12.1. The fraction of sp³-hybridized carbons (Fsp3) is 0.353. The molecule has 0 fully saturated rings. The second-order valence-corrected chi connectivity index (χ2v) is 5.12. The van der Waals surface area contributed by atoms with Crippen LogP contribution in [0.2, 0.25) is 0 Å². The van der Waals surface area contributed by atoms with E-state index >= 15 is 0 Å². The summed E-state index contributed by atoms with van der Waals surface area (Å²) in [5.41, 5.74) is 6.49. The summed E-state index contributed by atoms with van der Waals surface area (Å²) in [5.74, 6) is -0.0465. The monoisotopic (exact) mass is 306 g/mol. The first kappa shape index (κ1) is 17.5. The van der Waals surface area contributed by atoms with E-state index in [1.807, 2.05) is 25.1 Å². The van der Waals surface area contributed by atoms with Gasteiger partial charge >= 0.3 is 0 Å². The summed E-state index contributed by atoms with van der Waals surface area (Å²) in [7, 11) is 0. The minimum Gasteiger partial charge on any atom is -0.356 e. The molecule has 114 valence electrons. The molecule has 2 aromatic rings. The third-order valence-electron chi connectivity index (χ3n) is 3.60. The first-order valence-corrected chi connectivity index (χ1v) is 7.19. The summed E-state index contributed by atoms with van der Waals surface area (Å²) < 4.78 is 0. The number of nitrogens with one attached hydrogen (secondary N) is 1. The van der Waals surface area contributed by atoms with Gasteiger partial charge in [0.25, 0.3) is 0 Å². The summed E-state index contributed by atoms with van der Waals surface area (Å²) in [6.07, 6.45) is 1.89. The highest BCUT2D eigenvalue weighted by Gasteiger charge is 2.14. The Bertz CT molecular complexity index is 586. The van der Waals surface area contributed by atoms with E-state index in [0.717, 1.165) is 18.4 Å². The third-order valence-corrected chi connectivity index (χ3v) is 3.60. The molecule has 0 spiro atoms. The van der Waals surface area contributed by atoms with Crippen molar-refractivity contribution in [3.63, 3.8) is 0 Å². The molecule has 1 atom stereocenters. The Kier molecular flexibility index (Phi) is 7.20. The molecule has 1 unspecified atom stereocenters. The van der Waals surface area contributed by atoms with E-state index < -0.39 is 0 Å². The van der Waals surface area contributed by atoms with Crippen molar-refractivity contribution < 1.29 is 4.79 Å². The second-order valence-electron chi connectivity index (χ2n) is 5.12. The Labute approximate surface area is 132 Å². The lowest BCUT2D eigenvalue weighted by Gasteiger charge is -2.13. The molecular formula is C17H23ClN2O. The van der Waals surface area contributed by atoms with Gasteiger partial charge < -0.3 is 11.1 Å². The topological polar surface area (TPSA) is 55.1 Å². The number of carbonyl (C=O) groups excluding carboxylic acids is 1. The zero-order chi connectivity index (χ0) is 14.4. The van der Waals surface area contributed by atoms with Crippen LogP contribution >= 0.6 is 12.4 Å². The molecule has 2 aromatic carbocycles. The molecule has 3 nitrogen and oxygen atoms in total. The average molecular weight is 307 g/mol. The van der Waals surface area contributed by atoms with Gasteiger partial charge in [0.15, 0.2) is 0 Å². The average Bonchev–Trinajstić information content (AvgIpc) is 2.50. The normalized spacial score (nSPS) is 11.7. The van der Waals surface area contributed by atoms with Gasteiger partial charge in [-0.3, -0.25) is 4.79 Å².